The second-order valence-electron chi connectivity index (χ2n) is 3.61. The molecule has 0 saturated carbocycles. The van der Waals surface area contributed by atoms with Crippen LogP contribution >= 0.6 is 0 Å². The fourth-order valence-corrected chi connectivity index (χ4v) is 1.41. The molecule has 0 amide bonds. The molecule has 0 rings (SSSR count). The van der Waals surface area contributed by atoms with Crippen LogP contribution in [0.4, 0.5) is 0 Å². The highest BCUT2D eigenvalue weighted by Crippen LogP contribution is 2.07. The average Bonchev–Trinajstić information content (AvgIpc) is 2.13. The van der Waals surface area contributed by atoms with Gasteiger partial charge in [0.2, 0.25) is 0 Å². The smallest absolute Gasteiger partial charge is 0.320 e. The van der Waals surface area contributed by atoms with E-state index in [1.165, 1.54) is 0 Å². The number of hydrogen-bond acceptors (Lipinski definition) is 3. The highest BCUT2D eigenvalue weighted by Gasteiger charge is 2.22. The van der Waals surface area contributed by atoms with Crippen LogP contribution in [0, 0.1) is 17.2 Å². The first-order valence-corrected chi connectivity index (χ1v) is 4.85. The lowest BCUT2D eigenvalue weighted by Gasteiger charge is -2.24. The Morgan fingerprint density at radius 2 is 2.21 bits per heavy atom. The van der Waals surface area contributed by atoms with Crippen molar-refractivity contribution in [1.82, 2.24) is 4.90 Å². The van der Waals surface area contributed by atoms with E-state index < -0.39 is 12.0 Å². The van der Waals surface area contributed by atoms with E-state index in [9.17, 15) is 4.79 Å². The first-order valence-electron chi connectivity index (χ1n) is 4.85. The topological polar surface area (TPSA) is 64.3 Å². The molecule has 0 aliphatic rings. The van der Waals surface area contributed by atoms with Crippen molar-refractivity contribution in [2.45, 2.75) is 32.7 Å². The van der Waals surface area contributed by atoms with E-state index in [1.54, 1.807) is 18.9 Å². The zero-order chi connectivity index (χ0) is 11.1. The highest BCUT2D eigenvalue weighted by atomic mass is 16.4. The van der Waals surface area contributed by atoms with E-state index in [1.807, 2.05) is 6.92 Å². The molecule has 0 aliphatic heterocycles. The van der Waals surface area contributed by atoms with Crippen LogP contribution in [0.15, 0.2) is 0 Å². The number of nitrogens with zero attached hydrogens (tertiary/aromatic N) is 2. The number of rotatable bonds is 6. The number of carbonyl (C=O) groups is 1. The summed E-state index contributed by atoms with van der Waals surface area (Å²) >= 11 is 0. The molecule has 4 heteroatoms. The van der Waals surface area contributed by atoms with Crippen molar-refractivity contribution in [3.8, 4) is 6.07 Å². The van der Waals surface area contributed by atoms with E-state index in [0.717, 1.165) is 6.42 Å². The fraction of sp³-hybridized carbons (Fsp3) is 0.800. The zero-order valence-electron chi connectivity index (χ0n) is 9.03. The van der Waals surface area contributed by atoms with Gasteiger partial charge in [0, 0.05) is 6.54 Å². The molecule has 0 saturated heterocycles. The van der Waals surface area contributed by atoms with Crippen molar-refractivity contribution in [1.29, 1.82) is 5.26 Å². The first-order chi connectivity index (χ1) is 6.52. The summed E-state index contributed by atoms with van der Waals surface area (Å²) in [4.78, 5) is 12.6. The SMILES string of the molecule is CCCC(C(=O)O)N(C)CC(C)C#N. The Kier molecular flexibility index (Phi) is 5.89. The standard InChI is InChI=1S/C10H18N2O2/c1-4-5-9(10(13)14)12(3)7-8(2)6-11/h8-9H,4-5,7H2,1-3H3,(H,13,14). The van der Waals surface area contributed by atoms with Gasteiger partial charge in [0.05, 0.1) is 12.0 Å². The molecule has 0 aromatic rings. The van der Waals surface area contributed by atoms with Gasteiger partial charge in [-0.25, -0.2) is 0 Å². The molecule has 0 heterocycles. The lowest BCUT2D eigenvalue weighted by molar-refractivity contribution is -0.143. The maximum absolute atomic E-state index is 10.9. The van der Waals surface area contributed by atoms with Gasteiger partial charge in [0.1, 0.15) is 6.04 Å². The maximum atomic E-state index is 10.9. The Labute approximate surface area is 85.1 Å². The molecule has 14 heavy (non-hydrogen) atoms. The quantitative estimate of drug-likeness (QED) is 0.699. The summed E-state index contributed by atoms with van der Waals surface area (Å²) in [6.45, 7) is 4.26. The molecule has 2 unspecified atom stereocenters. The molecule has 0 spiro atoms. The van der Waals surface area contributed by atoms with Crippen LogP contribution in [-0.4, -0.2) is 35.6 Å². The summed E-state index contributed by atoms with van der Waals surface area (Å²) in [7, 11) is 1.75. The van der Waals surface area contributed by atoms with Gasteiger partial charge < -0.3 is 5.11 Å². The van der Waals surface area contributed by atoms with E-state index in [0.29, 0.717) is 13.0 Å². The Morgan fingerprint density at radius 1 is 1.64 bits per heavy atom. The molecule has 0 bridgehead atoms. The van der Waals surface area contributed by atoms with Crippen molar-refractivity contribution < 1.29 is 9.90 Å². The van der Waals surface area contributed by atoms with Crippen LogP contribution in [0.25, 0.3) is 0 Å². The number of hydrogen-bond donors (Lipinski definition) is 1. The van der Waals surface area contributed by atoms with Crippen LogP contribution in [0.5, 0.6) is 0 Å². The first kappa shape index (κ1) is 12.9. The summed E-state index contributed by atoms with van der Waals surface area (Å²) in [5, 5.41) is 17.5. The number of nitriles is 1. The number of likely N-dealkylation sites (N-methyl/N-ethyl adjacent to an activating group) is 1. The number of carboxylic acids is 1. The minimum atomic E-state index is -0.806. The van der Waals surface area contributed by atoms with E-state index in [2.05, 4.69) is 6.07 Å². The lowest BCUT2D eigenvalue weighted by Crippen LogP contribution is -2.40. The summed E-state index contributed by atoms with van der Waals surface area (Å²) in [6, 6.07) is 1.63. The van der Waals surface area contributed by atoms with Crippen LogP contribution in [-0.2, 0) is 4.79 Å². The molecule has 1 N–H and O–H groups in total. The molecule has 0 aliphatic carbocycles. The van der Waals surface area contributed by atoms with Gasteiger partial charge >= 0.3 is 5.97 Å². The molecule has 0 fully saturated rings. The van der Waals surface area contributed by atoms with Gasteiger partial charge in [-0.2, -0.15) is 5.26 Å². The van der Waals surface area contributed by atoms with Gasteiger partial charge in [-0.15, -0.1) is 0 Å². The van der Waals surface area contributed by atoms with Gasteiger partial charge in [0.15, 0.2) is 0 Å². The Morgan fingerprint density at radius 3 is 2.57 bits per heavy atom. The second kappa shape index (κ2) is 6.39. The third-order valence-electron chi connectivity index (χ3n) is 2.16. The number of aliphatic carboxylic acids is 1. The van der Waals surface area contributed by atoms with Crippen molar-refractivity contribution in [3.63, 3.8) is 0 Å². The number of carboxylic acid groups (broad SMARTS) is 1. The molecule has 2 atom stereocenters. The van der Waals surface area contributed by atoms with Crippen LogP contribution in [0.2, 0.25) is 0 Å². The largest absolute Gasteiger partial charge is 0.480 e. The average molecular weight is 198 g/mol. The Bertz CT molecular complexity index is 223. The maximum Gasteiger partial charge on any atom is 0.320 e. The van der Waals surface area contributed by atoms with Gasteiger partial charge in [0.25, 0.3) is 0 Å². The molecule has 0 radical (unpaired) electrons. The molecule has 0 aromatic carbocycles. The molecular formula is C10H18N2O2. The zero-order valence-corrected chi connectivity index (χ0v) is 9.03. The normalized spacial score (nSPS) is 14.8. The van der Waals surface area contributed by atoms with E-state index >= 15 is 0 Å². The van der Waals surface area contributed by atoms with Crippen molar-refractivity contribution >= 4 is 5.97 Å². The van der Waals surface area contributed by atoms with Crippen LogP contribution in [0.1, 0.15) is 26.7 Å². The van der Waals surface area contributed by atoms with Gasteiger partial charge in [-0.05, 0) is 20.4 Å². The molecular weight excluding hydrogens is 180 g/mol. The van der Waals surface area contributed by atoms with Crippen molar-refractivity contribution in [2.24, 2.45) is 5.92 Å². The third-order valence-corrected chi connectivity index (χ3v) is 2.16. The highest BCUT2D eigenvalue weighted by molar-refractivity contribution is 5.73. The molecule has 80 valence electrons. The van der Waals surface area contributed by atoms with Gasteiger partial charge in [-0.1, -0.05) is 13.3 Å². The third kappa shape index (κ3) is 4.24. The summed E-state index contributed by atoms with van der Waals surface area (Å²) in [6.07, 6.45) is 1.46. The molecule has 0 aromatic heterocycles. The monoisotopic (exact) mass is 198 g/mol. The molecule has 4 nitrogen and oxygen atoms in total. The van der Waals surface area contributed by atoms with Crippen molar-refractivity contribution in [3.05, 3.63) is 0 Å². The summed E-state index contributed by atoms with van der Waals surface area (Å²) in [5.41, 5.74) is 0. The Hall–Kier alpha value is -1.08. The predicted molar refractivity (Wildman–Crippen MR) is 53.7 cm³/mol. The Balaban J connectivity index is 4.22. The summed E-state index contributed by atoms with van der Waals surface area (Å²) in [5.74, 6) is -0.932. The lowest BCUT2D eigenvalue weighted by atomic mass is 10.1. The second-order valence-corrected chi connectivity index (χ2v) is 3.61. The van der Waals surface area contributed by atoms with Crippen molar-refractivity contribution in [2.75, 3.05) is 13.6 Å². The van der Waals surface area contributed by atoms with Gasteiger partial charge in [-0.3, -0.25) is 9.69 Å². The predicted octanol–water partition coefficient (Wildman–Crippen LogP) is 1.33. The van der Waals surface area contributed by atoms with Crippen LogP contribution in [0.3, 0.4) is 0 Å². The van der Waals surface area contributed by atoms with E-state index in [-0.39, 0.29) is 5.92 Å². The summed E-state index contributed by atoms with van der Waals surface area (Å²) < 4.78 is 0. The van der Waals surface area contributed by atoms with E-state index in [4.69, 9.17) is 10.4 Å². The minimum Gasteiger partial charge on any atom is -0.480 e. The minimum absolute atomic E-state index is 0.126. The van der Waals surface area contributed by atoms with Crippen LogP contribution < -0.4 is 0 Å². The fourth-order valence-electron chi connectivity index (χ4n) is 1.41.